The molecular weight excluding hydrogens is 350 g/mol. The minimum atomic E-state index is -0.0628. The van der Waals surface area contributed by atoms with E-state index in [0.29, 0.717) is 19.8 Å². The molecule has 1 amide bonds. The highest BCUT2D eigenvalue weighted by Gasteiger charge is 2.26. The number of carbonyl (C=O) groups excluding carboxylic acids is 1. The molecule has 0 spiro atoms. The second-order valence-electron chi connectivity index (χ2n) is 6.14. The van der Waals surface area contributed by atoms with Crippen LogP contribution in [0.25, 0.3) is 21.5 Å². The summed E-state index contributed by atoms with van der Waals surface area (Å²) in [6, 6.07) is 7.61. The lowest BCUT2D eigenvalue weighted by molar-refractivity contribution is -0.133. The van der Waals surface area contributed by atoms with Crippen molar-refractivity contribution in [3.05, 3.63) is 35.5 Å². The van der Waals surface area contributed by atoms with Gasteiger partial charge in [0.05, 0.1) is 46.8 Å². The van der Waals surface area contributed by atoms with Crippen molar-refractivity contribution in [1.29, 1.82) is 0 Å². The summed E-state index contributed by atoms with van der Waals surface area (Å²) in [5.41, 5.74) is 2.40. The van der Waals surface area contributed by atoms with Crippen LogP contribution < -0.4 is 10.1 Å². The van der Waals surface area contributed by atoms with Gasteiger partial charge in [-0.1, -0.05) is 0 Å². The van der Waals surface area contributed by atoms with E-state index in [9.17, 15) is 4.79 Å². The average molecular weight is 369 g/mol. The topological polar surface area (TPSA) is 73.3 Å². The number of aryl methyl sites for hydroxylation is 1. The highest BCUT2D eigenvalue weighted by atomic mass is 32.1. The fourth-order valence-electron chi connectivity index (χ4n) is 2.78. The number of amides is 1. The standard InChI is InChI=1S/C19H19N3O3S/c1-3-25-17-7-16(18-8-20-11(2)26-18)22-15-5-4-13(6-14(15)17)21-19(23)12-9-24-10-12/h4-8,12H,3,9-10H2,1-2H3,(H,21,23). The molecule has 7 heteroatoms. The third-order valence-corrected chi connectivity index (χ3v) is 5.16. The second kappa shape index (κ2) is 7.01. The number of nitrogens with zero attached hydrogens (tertiary/aromatic N) is 2. The third kappa shape index (κ3) is 3.27. The summed E-state index contributed by atoms with van der Waals surface area (Å²) in [5, 5.41) is 4.82. The first-order valence-electron chi connectivity index (χ1n) is 8.53. The molecular formula is C19H19N3O3S. The van der Waals surface area contributed by atoms with Gasteiger partial charge in [0.15, 0.2) is 0 Å². The molecule has 4 rings (SSSR count). The molecule has 0 unspecified atom stereocenters. The molecule has 1 N–H and O–H groups in total. The normalized spacial score (nSPS) is 14.2. The van der Waals surface area contributed by atoms with Crippen LogP contribution in [0.3, 0.4) is 0 Å². The molecule has 1 aliphatic heterocycles. The van der Waals surface area contributed by atoms with Crippen LogP contribution in [0.1, 0.15) is 11.9 Å². The molecule has 2 aromatic heterocycles. The van der Waals surface area contributed by atoms with E-state index in [-0.39, 0.29) is 11.8 Å². The van der Waals surface area contributed by atoms with E-state index in [0.717, 1.165) is 37.9 Å². The molecule has 0 saturated carbocycles. The molecule has 0 bridgehead atoms. The quantitative estimate of drug-likeness (QED) is 0.743. The van der Waals surface area contributed by atoms with E-state index in [2.05, 4.69) is 10.3 Å². The van der Waals surface area contributed by atoms with Gasteiger partial charge >= 0.3 is 0 Å². The predicted molar refractivity (Wildman–Crippen MR) is 102 cm³/mol. The number of benzene rings is 1. The maximum Gasteiger partial charge on any atom is 0.232 e. The molecule has 1 fully saturated rings. The van der Waals surface area contributed by atoms with E-state index in [1.165, 1.54) is 0 Å². The smallest absolute Gasteiger partial charge is 0.232 e. The number of hydrogen-bond acceptors (Lipinski definition) is 6. The number of ether oxygens (including phenoxy) is 2. The van der Waals surface area contributed by atoms with E-state index >= 15 is 0 Å². The van der Waals surface area contributed by atoms with Crippen LogP contribution >= 0.6 is 11.3 Å². The van der Waals surface area contributed by atoms with E-state index < -0.39 is 0 Å². The Morgan fingerprint density at radius 1 is 1.38 bits per heavy atom. The van der Waals surface area contributed by atoms with Gasteiger partial charge in [-0.25, -0.2) is 9.97 Å². The largest absolute Gasteiger partial charge is 0.493 e. The lowest BCUT2D eigenvalue weighted by Crippen LogP contribution is -2.38. The van der Waals surface area contributed by atoms with Gasteiger partial charge < -0.3 is 14.8 Å². The molecule has 1 aliphatic rings. The Morgan fingerprint density at radius 3 is 2.88 bits per heavy atom. The highest BCUT2D eigenvalue weighted by molar-refractivity contribution is 7.15. The number of nitrogens with one attached hydrogen (secondary N) is 1. The zero-order chi connectivity index (χ0) is 18.1. The highest BCUT2D eigenvalue weighted by Crippen LogP contribution is 2.34. The minimum Gasteiger partial charge on any atom is -0.493 e. The number of anilines is 1. The van der Waals surface area contributed by atoms with Gasteiger partial charge in [0, 0.05) is 23.3 Å². The van der Waals surface area contributed by atoms with Gasteiger partial charge in [0.2, 0.25) is 5.91 Å². The molecule has 134 valence electrons. The number of pyridine rings is 1. The molecule has 0 aliphatic carbocycles. The van der Waals surface area contributed by atoms with Crippen molar-refractivity contribution in [2.24, 2.45) is 5.92 Å². The summed E-state index contributed by atoms with van der Waals surface area (Å²) in [4.78, 5) is 22.2. The summed E-state index contributed by atoms with van der Waals surface area (Å²) in [6.07, 6.45) is 1.83. The summed E-state index contributed by atoms with van der Waals surface area (Å²) in [7, 11) is 0. The molecule has 6 nitrogen and oxygen atoms in total. The lowest BCUT2D eigenvalue weighted by atomic mass is 10.1. The zero-order valence-corrected chi connectivity index (χ0v) is 15.4. The number of hydrogen-bond donors (Lipinski definition) is 1. The van der Waals surface area contributed by atoms with Gasteiger partial charge in [-0.15, -0.1) is 11.3 Å². The Morgan fingerprint density at radius 2 is 2.23 bits per heavy atom. The van der Waals surface area contributed by atoms with Crippen LogP contribution in [0, 0.1) is 12.8 Å². The fourth-order valence-corrected chi connectivity index (χ4v) is 3.52. The van der Waals surface area contributed by atoms with Crippen molar-refractivity contribution in [3.8, 4) is 16.3 Å². The van der Waals surface area contributed by atoms with Crippen molar-refractivity contribution in [2.45, 2.75) is 13.8 Å². The summed E-state index contributed by atoms with van der Waals surface area (Å²) in [5.74, 6) is 0.673. The summed E-state index contributed by atoms with van der Waals surface area (Å²) in [6.45, 7) is 5.45. The molecule has 3 aromatic rings. The number of rotatable bonds is 5. The third-order valence-electron chi connectivity index (χ3n) is 4.22. The molecule has 0 atom stereocenters. The minimum absolute atomic E-state index is 0.0155. The van der Waals surface area contributed by atoms with Crippen LogP contribution in [-0.2, 0) is 9.53 Å². The number of thiazole rings is 1. The molecule has 0 radical (unpaired) electrons. The van der Waals surface area contributed by atoms with Gasteiger partial charge in [0.25, 0.3) is 0 Å². The Hall–Kier alpha value is -2.51. The lowest BCUT2D eigenvalue weighted by Gasteiger charge is -2.24. The monoisotopic (exact) mass is 369 g/mol. The average Bonchev–Trinajstić information content (AvgIpc) is 3.00. The molecule has 1 saturated heterocycles. The van der Waals surface area contributed by atoms with Gasteiger partial charge in [0.1, 0.15) is 5.75 Å². The molecule has 1 aromatic carbocycles. The van der Waals surface area contributed by atoms with Crippen molar-refractivity contribution < 1.29 is 14.3 Å². The first kappa shape index (κ1) is 16.9. The van der Waals surface area contributed by atoms with E-state index in [1.54, 1.807) is 11.3 Å². The van der Waals surface area contributed by atoms with Crippen LogP contribution in [-0.4, -0.2) is 35.7 Å². The van der Waals surface area contributed by atoms with Crippen LogP contribution in [0.4, 0.5) is 5.69 Å². The summed E-state index contributed by atoms with van der Waals surface area (Å²) < 4.78 is 10.9. The van der Waals surface area contributed by atoms with E-state index in [4.69, 9.17) is 14.5 Å². The zero-order valence-electron chi connectivity index (χ0n) is 14.6. The van der Waals surface area contributed by atoms with Crippen LogP contribution in [0.15, 0.2) is 30.5 Å². The number of carbonyl (C=O) groups is 1. The van der Waals surface area contributed by atoms with Gasteiger partial charge in [-0.05, 0) is 32.0 Å². The predicted octanol–water partition coefficient (Wildman–Crippen LogP) is 3.65. The fraction of sp³-hybridized carbons (Fsp3) is 0.316. The first-order chi connectivity index (χ1) is 12.6. The maximum absolute atomic E-state index is 12.1. The van der Waals surface area contributed by atoms with Crippen molar-refractivity contribution in [1.82, 2.24) is 9.97 Å². The van der Waals surface area contributed by atoms with E-state index in [1.807, 2.05) is 44.3 Å². The second-order valence-corrected chi connectivity index (χ2v) is 7.37. The van der Waals surface area contributed by atoms with Crippen molar-refractivity contribution in [3.63, 3.8) is 0 Å². The van der Waals surface area contributed by atoms with Crippen LogP contribution in [0.2, 0.25) is 0 Å². The maximum atomic E-state index is 12.1. The number of fused-ring (bicyclic) bond motifs is 1. The Balaban J connectivity index is 1.71. The van der Waals surface area contributed by atoms with Crippen molar-refractivity contribution in [2.75, 3.05) is 25.1 Å². The van der Waals surface area contributed by atoms with Gasteiger partial charge in [-0.3, -0.25) is 4.79 Å². The SMILES string of the molecule is CCOc1cc(-c2cnc(C)s2)nc2ccc(NC(=O)C3COC3)cc12. The van der Waals surface area contributed by atoms with Crippen molar-refractivity contribution >= 4 is 33.8 Å². The Labute approximate surface area is 155 Å². The Kier molecular flexibility index (Phi) is 4.57. The van der Waals surface area contributed by atoms with Gasteiger partial charge in [-0.2, -0.15) is 0 Å². The van der Waals surface area contributed by atoms with Crippen LogP contribution in [0.5, 0.6) is 5.75 Å². The first-order valence-corrected chi connectivity index (χ1v) is 9.34. The molecule has 3 heterocycles. The molecule has 26 heavy (non-hydrogen) atoms. The Bertz CT molecular complexity index is 966. The summed E-state index contributed by atoms with van der Waals surface area (Å²) >= 11 is 1.60. The number of aromatic nitrogens is 2.